The molecule has 0 rings (SSSR count). The summed E-state index contributed by atoms with van der Waals surface area (Å²) < 4.78 is 0. The fourth-order valence-electron chi connectivity index (χ4n) is 2.92. The first-order chi connectivity index (χ1) is 9.40. The molecule has 0 aromatic heterocycles. The topological polar surface area (TPSA) is 86.2 Å². The van der Waals surface area contributed by atoms with E-state index in [1.54, 1.807) is 0 Å². The van der Waals surface area contributed by atoms with E-state index >= 15 is 0 Å². The van der Waals surface area contributed by atoms with Crippen LogP contribution in [-0.2, 0) is 9.59 Å². The Kier molecular flexibility index (Phi) is 9.26. The third-order valence-corrected chi connectivity index (χ3v) is 4.70. The largest absolute Gasteiger partial charge is 0.369 e. The molecule has 2 amide bonds. The Bertz CT molecular complexity index is 267. The zero-order valence-electron chi connectivity index (χ0n) is 13.5. The van der Waals surface area contributed by atoms with Gasteiger partial charge in [-0.05, 0) is 24.7 Å². The molecule has 0 bridgehead atoms. The predicted octanol–water partition coefficient (Wildman–Crippen LogP) is 2.84. The van der Waals surface area contributed by atoms with Gasteiger partial charge in [-0.15, -0.1) is 0 Å². The van der Waals surface area contributed by atoms with Gasteiger partial charge in [0.2, 0.25) is 11.8 Å². The highest BCUT2D eigenvalue weighted by atomic mass is 16.2. The quantitative estimate of drug-likeness (QED) is 0.611. The Balaban J connectivity index is 5.04. The minimum absolute atomic E-state index is 0.383. The summed E-state index contributed by atoms with van der Waals surface area (Å²) in [7, 11) is 0. The number of amides is 2. The molecular formula is C16H32N2O2. The van der Waals surface area contributed by atoms with Gasteiger partial charge in [0.05, 0.1) is 0 Å². The van der Waals surface area contributed by atoms with Crippen LogP contribution in [0, 0.1) is 23.7 Å². The maximum Gasteiger partial charge on any atom is 0.221 e. The van der Waals surface area contributed by atoms with Crippen LogP contribution in [0.4, 0.5) is 0 Å². The van der Waals surface area contributed by atoms with Gasteiger partial charge in [0.25, 0.3) is 0 Å². The average molecular weight is 284 g/mol. The van der Waals surface area contributed by atoms with E-state index < -0.39 is 11.8 Å². The van der Waals surface area contributed by atoms with Crippen molar-refractivity contribution in [2.24, 2.45) is 35.1 Å². The highest BCUT2D eigenvalue weighted by molar-refractivity contribution is 5.86. The highest BCUT2D eigenvalue weighted by Gasteiger charge is 2.33. The Hall–Kier alpha value is -1.06. The second-order valence-corrected chi connectivity index (χ2v) is 5.85. The molecule has 0 fully saturated rings. The molecule has 0 aliphatic carbocycles. The van der Waals surface area contributed by atoms with Crippen molar-refractivity contribution in [2.75, 3.05) is 0 Å². The number of rotatable bonds is 11. The lowest BCUT2D eigenvalue weighted by molar-refractivity contribution is -0.132. The first-order valence-corrected chi connectivity index (χ1v) is 7.99. The minimum Gasteiger partial charge on any atom is -0.369 e. The molecule has 4 heteroatoms. The number of carbonyl (C=O) groups excluding carboxylic acids is 2. The summed E-state index contributed by atoms with van der Waals surface area (Å²) in [6.07, 6.45) is 5.34. The molecule has 0 radical (unpaired) electrons. The molecule has 0 aromatic rings. The van der Waals surface area contributed by atoms with Crippen molar-refractivity contribution in [1.29, 1.82) is 0 Å². The zero-order chi connectivity index (χ0) is 15.7. The summed E-state index contributed by atoms with van der Waals surface area (Å²) in [5.41, 5.74) is 11.1. The van der Waals surface area contributed by atoms with E-state index in [1.165, 1.54) is 0 Å². The molecule has 4 nitrogen and oxygen atoms in total. The first-order valence-electron chi connectivity index (χ1n) is 7.99. The van der Waals surface area contributed by atoms with E-state index in [1.807, 2.05) is 0 Å². The molecule has 118 valence electrons. The standard InChI is InChI=1S/C16H32N2O2/c1-5-11(6-2)9-13(15(17)19)14(16(18)20)10-12(7-3)8-4/h11-14H,5-10H2,1-4H3,(H2,17,19)(H2,18,20). The van der Waals surface area contributed by atoms with E-state index in [-0.39, 0.29) is 11.8 Å². The molecule has 2 atom stereocenters. The highest BCUT2D eigenvalue weighted by Crippen LogP contribution is 2.30. The molecule has 0 aromatic carbocycles. The van der Waals surface area contributed by atoms with Gasteiger partial charge < -0.3 is 11.5 Å². The normalized spacial score (nSPS) is 14.5. The average Bonchev–Trinajstić information content (AvgIpc) is 2.42. The van der Waals surface area contributed by atoms with E-state index in [9.17, 15) is 9.59 Å². The molecule has 0 saturated heterocycles. The lowest BCUT2D eigenvalue weighted by Crippen LogP contribution is -2.39. The molecular weight excluding hydrogens is 252 g/mol. The van der Waals surface area contributed by atoms with Crippen LogP contribution in [0.5, 0.6) is 0 Å². The van der Waals surface area contributed by atoms with Crippen LogP contribution < -0.4 is 11.5 Å². The maximum atomic E-state index is 11.8. The molecule has 20 heavy (non-hydrogen) atoms. The fraction of sp³-hybridized carbons (Fsp3) is 0.875. The summed E-state index contributed by atoms with van der Waals surface area (Å²) in [6, 6.07) is 0. The van der Waals surface area contributed by atoms with E-state index in [0.29, 0.717) is 24.7 Å². The SMILES string of the molecule is CCC(CC)CC(C(N)=O)C(CC(CC)CC)C(N)=O. The first kappa shape index (κ1) is 18.9. The van der Waals surface area contributed by atoms with Crippen molar-refractivity contribution in [1.82, 2.24) is 0 Å². The summed E-state index contributed by atoms with van der Waals surface area (Å²) >= 11 is 0. The van der Waals surface area contributed by atoms with Crippen molar-refractivity contribution < 1.29 is 9.59 Å². The van der Waals surface area contributed by atoms with Crippen LogP contribution in [0.3, 0.4) is 0 Å². The van der Waals surface area contributed by atoms with Crippen LogP contribution in [0.2, 0.25) is 0 Å². The summed E-state index contributed by atoms with van der Waals surface area (Å²) in [5, 5.41) is 0. The van der Waals surface area contributed by atoms with Crippen LogP contribution in [0.1, 0.15) is 66.2 Å². The second-order valence-electron chi connectivity index (χ2n) is 5.85. The molecule has 0 spiro atoms. The maximum absolute atomic E-state index is 11.8. The summed E-state index contributed by atoms with van der Waals surface area (Å²) in [6.45, 7) is 8.41. The van der Waals surface area contributed by atoms with Crippen molar-refractivity contribution in [3.63, 3.8) is 0 Å². The lowest BCUT2D eigenvalue weighted by Gasteiger charge is -2.28. The lowest BCUT2D eigenvalue weighted by atomic mass is 9.76. The number of nitrogens with two attached hydrogens (primary N) is 2. The number of carbonyl (C=O) groups is 2. The minimum atomic E-state index is -0.419. The Labute approximate surface area is 123 Å². The molecule has 0 heterocycles. The molecule has 0 aliphatic rings. The van der Waals surface area contributed by atoms with Crippen molar-refractivity contribution >= 4 is 11.8 Å². The van der Waals surface area contributed by atoms with E-state index in [2.05, 4.69) is 27.7 Å². The van der Waals surface area contributed by atoms with Gasteiger partial charge in [0.1, 0.15) is 0 Å². The van der Waals surface area contributed by atoms with Crippen LogP contribution in [0.15, 0.2) is 0 Å². The van der Waals surface area contributed by atoms with Gasteiger partial charge in [-0.3, -0.25) is 9.59 Å². The molecule has 4 N–H and O–H groups in total. The Morgan fingerprint density at radius 3 is 1.10 bits per heavy atom. The summed E-state index contributed by atoms with van der Waals surface area (Å²) in [5.74, 6) is -0.749. The van der Waals surface area contributed by atoms with Crippen molar-refractivity contribution in [2.45, 2.75) is 66.2 Å². The van der Waals surface area contributed by atoms with Crippen LogP contribution in [-0.4, -0.2) is 11.8 Å². The van der Waals surface area contributed by atoms with Crippen molar-refractivity contribution in [3.8, 4) is 0 Å². The van der Waals surface area contributed by atoms with Gasteiger partial charge in [-0.2, -0.15) is 0 Å². The van der Waals surface area contributed by atoms with Gasteiger partial charge in [-0.25, -0.2) is 0 Å². The zero-order valence-corrected chi connectivity index (χ0v) is 13.5. The summed E-state index contributed by atoms with van der Waals surface area (Å²) in [4.78, 5) is 23.6. The van der Waals surface area contributed by atoms with Gasteiger partial charge in [-0.1, -0.05) is 53.4 Å². The van der Waals surface area contributed by atoms with E-state index in [0.717, 1.165) is 25.7 Å². The third kappa shape index (κ3) is 5.93. The van der Waals surface area contributed by atoms with Crippen LogP contribution in [0.25, 0.3) is 0 Å². The Morgan fingerprint density at radius 1 is 0.700 bits per heavy atom. The molecule has 0 aliphatic heterocycles. The van der Waals surface area contributed by atoms with Gasteiger partial charge >= 0.3 is 0 Å². The number of hydrogen-bond acceptors (Lipinski definition) is 2. The van der Waals surface area contributed by atoms with Crippen LogP contribution >= 0.6 is 0 Å². The fourth-order valence-corrected chi connectivity index (χ4v) is 2.92. The monoisotopic (exact) mass is 284 g/mol. The van der Waals surface area contributed by atoms with Crippen molar-refractivity contribution in [3.05, 3.63) is 0 Å². The number of hydrogen-bond donors (Lipinski definition) is 2. The third-order valence-electron chi connectivity index (χ3n) is 4.70. The molecule has 0 saturated carbocycles. The van der Waals surface area contributed by atoms with E-state index in [4.69, 9.17) is 11.5 Å². The Morgan fingerprint density at radius 2 is 0.950 bits per heavy atom. The predicted molar refractivity (Wildman–Crippen MR) is 82.7 cm³/mol. The van der Waals surface area contributed by atoms with Gasteiger partial charge in [0.15, 0.2) is 0 Å². The molecule has 2 unspecified atom stereocenters. The number of primary amides is 2. The smallest absolute Gasteiger partial charge is 0.221 e. The van der Waals surface area contributed by atoms with Gasteiger partial charge in [0, 0.05) is 11.8 Å². The second kappa shape index (κ2) is 9.78.